The van der Waals surface area contributed by atoms with Gasteiger partial charge >= 0.3 is 0 Å². The molecule has 1 amide bonds. The van der Waals surface area contributed by atoms with Crippen molar-refractivity contribution >= 4 is 18.0 Å². The molecule has 0 aliphatic carbocycles. The van der Waals surface area contributed by atoms with Gasteiger partial charge in [0, 0.05) is 30.3 Å². The number of amides is 1. The van der Waals surface area contributed by atoms with E-state index in [0.29, 0.717) is 44.4 Å². The van der Waals surface area contributed by atoms with Gasteiger partial charge in [-0.3, -0.25) is 19.3 Å². The summed E-state index contributed by atoms with van der Waals surface area (Å²) in [6.07, 6.45) is 5.56. The molecule has 2 aromatic rings. The SMILES string of the molecule is O=CC(=O)C1CCC(N2Cc3c(OCc4ccc(CN5CCCCC5)cc4)cccc3C2=O)CN1. The van der Waals surface area contributed by atoms with Gasteiger partial charge < -0.3 is 15.0 Å². The number of hydrogen-bond acceptors (Lipinski definition) is 6. The molecule has 2 aromatic carbocycles. The lowest BCUT2D eigenvalue weighted by Gasteiger charge is -2.34. The molecule has 7 nitrogen and oxygen atoms in total. The fraction of sp³-hybridized carbons (Fsp3) is 0.464. The zero-order valence-corrected chi connectivity index (χ0v) is 20.1. The number of carbonyl (C=O) groups is 3. The van der Waals surface area contributed by atoms with Crippen LogP contribution < -0.4 is 10.1 Å². The summed E-state index contributed by atoms with van der Waals surface area (Å²) in [5.74, 6) is 0.322. The maximum absolute atomic E-state index is 13.1. The molecule has 0 bridgehead atoms. The number of ether oxygens (including phenoxy) is 1. The number of Topliss-reactive ketones (excluding diaryl/α,β-unsaturated/α-hetero) is 1. The third-order valence-corrected chi connectivity index (χ3v) is 7.51. The van der Waals surface area contributed by atoms with Gasteiger partial charge in [0.1, 0.15) is 12.4 Å². The van der Waals surface area contributed by atoms with Gasteiger partial charge in [-0.2, -0.15) is 0 Å². The summed E-state index contributed by atoms with van der Waals surface area (Å²) in [5.41, 5.74) is 4.04. The van der Waals surface area contributed by atoms with Crippen molar-refractivity contribution in [3.63, 3.8) is 0 Å². The highest BCUT2D eigenvalue weighted by molar-refractivity contribution is 6.27. The summed E-state index contributed by atoms with van der Waals surface area (Å²) in [7, 11) is 0. The fourth-order valence-corrected chi connectivity index (χ4v) is 5.47. The van der Waals surface area contributed by atoms with Crippen LogP contribution in [0.25, 0.3) is 0 Å². The summed E-state index contributed by atoms with van der Waals surface area (Å²) in [6, 6.07) is 13.8. The van der Waals surface area contributed by atoms with Gasteiger partial charge in [-0.25, -0.2) is 0 Å². The van der Waals surface area contributed by atoms with E-state index in [1.807, 2.05) is 23.1 Å². The summed E-state index contributed by atoms with van der Waals surface area (Å²) < 4.78 is 6.18. The lowest BCUT2D eigenvalue weighted by Crippen LogP contribution is -2.52. The quantitative estimate of drug-likeness (QED) is 0.467. The molecule has 35 heavy (non-hydrogen) atoms. The number of fused-ring (bicyclic) bond motifs is 1. The number of nitrogens with one attached hydrogen (secondary N) is 1. The standard InChI is InChI=1S/C28H33N3O4/c32-18-26(33)25-12-11-22(15-29-25)31-17-24-23(28(31)34)5-4-6-27(24)35-19-21-9-7-20(8-10-21)16-30-13-2-1-3-14-30/h4-10,18,22,25,29H,1-3,11-17,19H2. The minimum absolute atomic E-state index is 0.000482. The maximum Gasteiger partial charge on any atom is 0.254 e. The molecule has 5 rings (SSSR count). The maximum atomic E-state index is 13.1. The average molecular weight is 476 g/mol. The summed E-state index contributed by atoms with van der Waals surface area (Å²) in [4.78, 5) is 39.9. The number of ketones is 1. The van der Waals surface area contributed by atoms with Gasteiger partial charge in [-0.1, -0.05) is 36.8 Å². The van der Waals surface area contributed by atoms with Crippen molar-refractivity contribution in [2.45, 2.75) is 63.9 Å². The van der Waals surface area contributed by atoms with Crippen LogP contribution in [0.4, 0.5) is 0 Å². The number of carbonyl (C=O) groups excluding carboxylic acids is 3. The second-order valence-electron chi connectivity index (χ2n) is 9.87. The Morgan fingerprint density at radius 2 is 1.80 bits per heavy atom. The second-order valence-corrected chi connectivity index (χ2v) is 9.87. The van der Waals surface area contributed by atoms with Crippen molar-refractivity contribution in [1.29, 1.82) is 0 Å². The number of hydrogen-bond donors (Lipinski definition) is 1. The Morgan fingerprint density at radius 1 is 1.03 bits per heavy atom. The van der Waals surface area contributed by atoms with Crippen LogP contribution in [0, 0.1) is 0 Å². The van der Waals surface area contributed by atoms with E-state index in [0.717, 1.165) is 23.4 Å². The van der Waals surface area contributed by atoms with Crippen molar-refractivity contribution in [3.8, 4) is 5.75 Å². The van der Waals surface area contributed by atoms with Crippen molar-refractivity contribution in [2.24, 2.45) is 0 Å². The first-order valence-corrected chi connectivity index (χ1v) is 12.7. The Kier molecular flexibility index (Phi) is 7.25. The molecule has 7 heteroatoms. The predicted molar refractivity (Wildman–Crippen MR) is 132 cm³/mol. The van der Waals surface area contributed by atoms with Gasteiger partial charge in [-0.15, -0.1) is 0 Å². The molecule has 0 aromatic heterocycles. The number of nitrogens with zero attached hydrogens (tertiary/aromatic N) is 2. The van der Waals surface area contributed by atoms with Crippen LogP contribution >= 0.6 is 0 Å². The van der Waals surface area contributed by atoms with Gasteiger partial charge in [0.2, 0.25) is 5.78 Å². The highest BCUT2D eigenvalue weighted by atomic mass is 16.5. The van der Waals surface area contributed by atoms with Crippen molar-refractivity contribution < 1.29 is 19.1 Å². The zero-order chi connectivity index (χ0) is 24.2. The fourth-order valence-electron chi connectivity index (χ4n) is 5.47. The monoisotopic (exact) mass is 475 g/mol. The number of rotatable bonds is 8. The minimum Gasteiger partial charge on any atom is -0.489 e. The molecular weight excluding hydrogens is 442 g/mol. The Labute approximate surface area is 206 Å². The predicted octanol–water partition coefficient (Wildman–Crippen LogP) is 3.10. The summed E-state index contributed by atoms with van der Waals surface area (Å²) in [6.45, 7) is 4.84. The normalized spacial score (nSPS) is 22.6. The van der Waals surface area contributed by atoms with E-state index < -0.39 is 11.8 Å². The third-order valence-electron chi connectivity index (χ3n) is 7.51. The second kappa shape index (κ2) is 10.7. The van der Waals surface area contributed by atoms with E-state index in [1.165, 1.54) is 37.9 Å². The van der Waals surface area contributed by atoms with Crippen LogP contribution in [0.1, 0.15) is 59.2 Å². The highest BCUT2D eigenvalue weighted by Crippen LogP contribution is 2.34. The van der Waals surface area contributed by atoms with Crippen LogP contribution in [-0.2, 0) is 29.3 Å². The summed E-state index contributed by atoms with van der Waals surface area (Å²) in [5, 5.41) is 3.13. The van der Waals surface area contributed by atoms with Gasteiger partial charge in [0.25, 0.3) is 5.91 Å². The van der Waals surface area contributed by atoms with Gasteiger partial charge in [0.05, 0.1) is 12.6 Å². The largest absolute Gasteiger partial charge is 0.489 e. The molecular formula is C28H33N3O4. The number of piperidine rings is 2. The first-order valence-electron chi connectivity index (χ1n) is 12.7. The molecule has 0 spiro atoms. The molecule has 2 atom stereocenters. The topological polar surface area (TPSA) is 79.0 Å². The number of likely N-dealkylation sites (tertiary alicyclic amines) is 1. The minimum atomic E-state index is -0.436. The molecule has 0 radical (unpaired) electrons. The summed E-state index contributed by atoms with van der Waals surface area (Å²) >= 11 is 0. The zero-order valence-electron chi connectivity index (χ0n) is 20.1. The smallest absolute Gasteiger partial charge is 0.254 e. The highest BCUT2D eigenvalue weighted by Gasteiger charge is 2.37. The van der Waals surface area contributed by atoms with E-state index >= 15 is 0 Å². The third kappa shape index (κ3) is 5.31. The van der Waals surface area contributed by atoms with E-state index in [-0.39, 0.29) is 11.9 Å². The Hall–Kier alpha value is -3.03. The first kappa shape index (κ1) is 23.7. The molecule has 3 aliphatic heterocycles. The lowest BCUT2D eigenvalue weighted by atomic mass is 9.97. The molecule has 184 valence electrons. The molecule has 2 fully saturated rings. The van der Waals surface area contributed by atoms with Crippen LogP contribution in [0.15, 0.2) is 42.5 Å². The van der Waals surface area contributed by atoms with E-state index in [9.17, 15) is 14.4 Å². The van der Waals surface area contributed by atoms with Crippen molar-refractivity contribution in [1.82, 2.24) is 15.1 Å². The molecule has 2 unspecified atom stereocenters. The van der Waals surface area contributed by atoms with Crippen LogP contribution in [-0.4, -0.2) is 59.5 Å². The van der Waals surface area contributed by atoms with E-state index in [4.69, 9.17) is 4.74 Å². The lowest BCUT2D eigenvalue weighted by molar-refractivity contribution is -0.131. The van der Waals surface area contributed by atoms with Crippen molar-refractivity contribution in [2.75, 3.05) is 19.6 Å². The molecule has 3 heterocycles. The van der Waals surface area contributed by atoms with Gasteiger partial charge in [-0.05, 0) is 62.0 Å². The van der Waals surface area contributed by atoms with Crippen LogP contribution in [0.2, 0.25) is 0 Å². The molecule has 2 saturated heterocycles. The van der Waals surface area contributed by atoms with E-state index in [2.05, 4.69) is 34.5 Å². The Balaban J connectivity index is 1.19. The van der Waals surface area contributed by atoms with Gasteiger partial charge in [0.15, 0.2) is 6.29 Å². The van der Waals surface area contributed by atoms with Crippen molar-refractivity contribution in [3.05, 3.63) is 64.7 Å². The van der Waals surface area contributed by atoms with Crippen LogP contribution in [0.3, 0.4) is 0 Å². The van der Waals surface area contributed by atoms with Crippen LogP contribution in [0.5, 0.6) is 5.75 Å². The van der Waals surface area contributed by atoms with E-state index in [1.54, 1.807) is 0 Å². The first-order chi connectivity index (χ1) is 17.1. The molecule has 1 N–H and O–H groups in total. The Morgan fingerprint density at radius 3 is 2.51 bits per heavy atom. The molecule has 3 aliphatic rings. The average Bonchev–Trinajstić information content (AvgIpc) is 3.25. The Bertz CT molecular complexity index is 1070. The molecule has 0 saturated carbocycles. The number of benzene rings is 2. The number of aldehydes is 1.